The smallest absolute Gasteiger partial charge is 0.161 e. The maximum Gasteiger partial charge on any atom is 0.161 e. The summed E-state index contributed by atoms with van der Waals surface area (Å²) in [6, 6.07) is 0. The lowest BCUT2D eigenvalue weighted by Crippen LogP contribution is -2.56. The molecule has 27 heavy (non-hydrogen) atoms. The second-order valence-corrected chi connectivity index (χ2v) is 7.01. The van der Waals surface area contributed by atoms with Gasteiger partial charge in [0.05, 0.1) is 12.4 Å². The third-order valence-electron chi connectivity index (χ3n) is 5.10. The molecule has 0 radical (unpaired) electrons. The highest BCUT2D eigenvalue weighted by Gasteiger charge is 2.38. The van der Waals surface area contributed by atoms with Crippen LogP contribution >= 0.6 is 0 Å². The van der Waals surface area contributed by atoms with Crippen LogP contribution in [0.25, 0.3) is 0 Å². The number of halogens is 2. The van der Waals surface area contributed by atoms with Gasteiger partial charge in [0.1, 0.15) is 17.9 Å². The molecule has 6 nitrogen and oxygen atoms in total. The molecule has 0 spiro atoms. The fourth-order valence-electron chi connectivity index (χ4n) is 3.65. The number of fused-ring (bicyclic) bond motifs is 1. The van der Waals surface area contributed by atoms with Crippen molar-refractivity contribution in [1.29, 1.82) is 0 Å². The zero-order valence-electron chi connectivity index (χ0n) is 15.4. The first-order valence-corrected chi connectivity index (χ1v) is 9.23. The van der Waals surface area contributed by atoms with E-state index in [1.165, 1.54) is 6.08 Å². The second-order valence-electron chi connectivity index (χ2n) is 7.01. The molecule has 3 aliphatic rings. The Hall–Kier alpha value is -1.87. The van der Waals surface area contributed by atoms with Crippen molar-refractivity contribution in [2.45, 2.75) is 26.0 Å². The van der Waals surface area contributed by atoms with Crippen LogP contribution in [0.5, 0.6) is 0 Å². The minimum Gasteiger partial charge on any atom is -0.371 e. The fourth-order valence-corrected chi connectivity index (χ4v) is 3.65. The first kappa shape index (κ1) is 19.9. The van der Waals surface area contributed by atoms with E-state index >= 15 is 0 Å². The Labute approximate surface area is 158 Å². The lowest BCUT2D eigenvalue weighted by molar-refractivity contribution is -0.144. The average molecular weight is 380 g/mol. The summed E-state index contributed by atoms with van der Waals surface area (Å²) in [5.74, 6) is -1.31. The molecule has 2 aliphatic heterocycles. The van der Waals surface area contributed by atoms with E-state index in [0.29, 0.717) is 37.4 Å². The molecule has 1 aliphatic carbocycles. The number of nitrogens with one attached hydrogen (secondary N) is 1. The van der Waals surface area contributed by atoms with Crippen LogP contribution in [-0.4, -0.2) is 65.4 Å². The number of hydrogen-bond acceptors (Lipinski definition) is 6. The van der Waals surface area contributed by atoms with E-state index < -0.39 is 17.9 Å². The number of aliphatic hydroxyl groups is 1. The van der Waals surface area contributed by atoms with Gasteiger partial charge >= 0.3 is 0 Å². The molecule has 2 N–H and O–H groups in total. The van der Waals surface area contributed by atoms with E-state index in [4.69, 9.17) is 0 Å². The molecular weight excluding hydrogens is 354 g/mol. The minimum atomic E-state index is -0.841. The Morgan fingerprint density at radius 2 is 2.22 bits per heavy atom. The maximum atomic E-state index is 13.7. The number of allylic oxidation sites excluding steroid dienone is 4. The van der Waals surface area contributed by atoms with Crippen molar-refractivity contribution in [3.8, 4) is 0 Å². The third-order valence-corrected chi connectivity index (χ3v) is 5.10. The van der Waals surface area contributed by atoms with Crippen LogP contribution < -0.4 is 5.32 Å². The van der Waals surface area contributed by atoms with E-state index in [1.54, 1.807) is 6.92 Å². The highest BCUT2D eigenvalue weighted by Crippen LogP contribution is 2.28. The SMILES string of the molecule is C/C(C=O)=C1\C(O)N2CCCN2CN1/C=C/CNCC1CC=C(F)C=C1F. The summed E-state index contributed by atoms with van der Waals surface area (Å²) in [5.41, 5.74) is 1.08. The fraction of sp³-hybridized carbons (Fsp3) is 0.526. The summed E-state index contributed by atoms with van der Waals surface area (Å²) in [6.07, 6.45) is 7.26. The van der Waals surface area contributed by atoms with Gasteiger partial charge in [-0.2, -0.15) is 0 Å². The predicted molar refractivity (Wildman–Crippen MR) is 98.0 cm³/mol. The Morgan fingerprint density at radius 3 is 2.96 bits per heavy atom. The molecule has 0 saturated carbocycles. The lowest BCUT2D eigenvalue weighted by Gasteiger charge is -2.44. The van der Waals surface area contributed by atoms with E-state index in [9.17, 15) is 18.7 Å². The zero-order chi connectivity index (χ0) is 19.4. The van der Waals surface area contributed by atoms with E-state index in [2.05, 4.69) is 10.3 Å². The van der Waals surface area contributed by atoms with Crippen molar-refractivity contribution >= 4 is 6.29 Å². The summed E-state index contributed by atoms with van der Waals surface area (Å²) < 4.78 is 26.6. The number of aldehydes is 1. The molecule has 2 atom stereocenters. The monoisotopic (exact) mass is 380 g/mol. The number of carbonyl (C=O) groups excluding carboxylic acids is 1. The highest BCUT2D eigenvalue weighted by atomic mass is 19.1. The van der Waals surface area contributed by atoms with Gasteiger partial charge in [0.2, 0.25) is 0 Å². The van der Waals surface area contributed by atoms with Gasteiger partial charge in [-0.15, -0.1) is 0 Å². The Balaban J connectivity index is 1.56. The maximum absolute atomic E-state index is 13.7. The van der Waals surface area contributed by atoms with Gasteiger partial charge in [0, 0.05) is 49.9 Å². The molecule has 2 heterocycles. The Kier molecular flexibility index (Phi) is 6.54. The van der Waals surface area contributed by atoms with Gasteiger partial charge in [0.15, 0.2) is 6.23 Å². The van der Waals surface area contributed by atoms with Gasteiger partial charge < -0.3 is 15.3 Å². The number of rotatable bonds is 6. The summed E-state index contributed by atoms with van der Waals surface area (Å²) in [7, 11) is 0. The van der Waals surface area contributed by atoms with Crippen molar-refractivity contribution in [2.24, 2.45) is 5.92 Å². The topological polar surface area (TPSA) is 59.1 Å². The van der Waals surface area contributed by atoms with E-state index in [0.717, 1.165) is 31.9 Å². The minimum absolute atomic E-state index is 0.347. The predicted octanol–water partition coefficient (Wildman–Crippen LogP) is 1.80. The summed E-state index contributed by atoms with van der Waals surface area (Å²) in [5, 5.41) is 17.7. The van der Waals surface area contributed by atoms with Crippen LogP contribution in [-0.2, 0) is 4.79 Å². The normalized spacial score (nSPS) is 29.0. The molecule has 0 aromatic rings. The van der Waals surface area contributed by atoms with Crippen LogP contribution in [0.1, 0.15) is 19.8 Å². The van der Waals surface area contributed by atoms with Crippen LogP contribution in [0.15, 0.2) is 47.4 Å². The quantitative estimate of drug-likeness (QED) is 0.416. The molecule has 2 unspecified atom stereocenters. The van der Waals surface area contributed by atoms with Crippen LogP contribution in [0, 0.1) is 5.92 Å². The number of hydrazine groups is 1. The summed E-state index contributed by atoms with van der Waals surface area (Å²) in [4.78, 5) is 13.1. The Bertz CT molecular complexity index is 689. The van der Waals surface area contributed by atoms with Gasteiger partial charge in [-0.05, 0) is 25.8 Å². The molecule has 3 rings (SSSR count). The third kappa shape index (κ3) is 4.52. The van der Waals surface area contributed by atoms with E-state index in [-0.39, 0.29) is 5.92 Å². The number of hydrogen-bond donors (Lipinski definition) is 2. The van der Waals surface area contributed by atoms with Crippen LogP contribution in [0.2, 0.25) is 0 Å². The van der Waals surface area contributed by atoms with Gasteiger partial charge in [0.25, 0.3) is 0 Å². The molecule has 0 aromatic carbocycles. The second kappa shape index (κ2) is 8.88. The van der Waals surface area contributed by atoms with Crippen molar-refractivity contribution in [2.75, 3.05) is 32.8 Å². The lowest BCUT2D eigenvalue weighted by atomic mass is 9.99. The summed E-state index contributed by atoms with van der Waals surface area (Å²) in [6.45, 7) is 4.81. The van der Waals surface area contributed by atoms with Crippen LogP contribution in [0.3, 0.4) is 0 Å². The molecule has 8 heteroatoms. The first-order chi connectivity index (χ1) is 13.0. The van der Waals surface area contributed by atoms with Crippen molar-refractivity contribution in [3.05, 3.63) is 47.4 Å². The molecule has 2 saturated heterocycles. The molecule has 2 fully saturated rings. The molecule has 0 bridgehead atoms. The van der Waals surface area contributed by atoms with Gasteiger partial charge in [-0.1, -0.05) is 6.08 Å². The zero-order valence-corrected chi connectivity index (χ0v) is 15.4. The number of nitrogens with zero attached hydrogens (tertiary/aromatic N) is 3. The van der Waals surface area contributed by atoms with Gasteiger partial charge in [-0.25, -0.2) is 18.8 Å². The van der Waals surface area contributed by atoms with Crippen molar-refractivity contribution in [1.82, 2.24) is 20.2 Å². The van der Waals surface area contributed by atoms with E-state index in [1.807, 2.05) is 22.2 Å². The first-order valence-electron chi connectivity index (χ1n) is 9.23. The Morgan fingerprint density at radius 1 is 1.41 bits per heavy atom. The van der Waals surface area contributed by atoms with Gasteiger partial charge in [-0.3, -0.25) is 4.79 Å². The standard InChI is InChI=1S/C19H26F2N4O2/c1-14(12-26)18-19(27)25-9-3-8-24(25)13-23(18)7-2-6-22-11-15-4-5-16(20)10-17(15)21/h2,5,7,10,12,15,19,22,27H,3-4,6,8-9,11,13H2,1H3/b7-2+,18-14-. The van der Waals surface area contributed by atoms with Crippen LogP contribution in [0.4, 0.5) is 8.78 Å². The van der Waals surface area contributed by atoms with Crippen molar-refractivity contribution < 1.29 is 18.7 Å². The number of carbonyl (C=O) groups is 1. The van der Waals surface area contributed by atoms with Crippen molar-refractivity contribution in [3.63, 3.8) is 0 Å². The molecule has 0 amide bonds. The average Bonchev–Trinajstić information content (AvgIpc) is 3.11. The molecular formula is C19H26F2N4O2. The summed E-state index contributed by atoms with van der Waals surface area (Å²) >= 11 is 0. The molecule has 148 valence electrons. The molecule has 0 aromatic heterocycles. The largest absolute Gasteiger partial charge is 0.371 e. The highest BCUT2D eigenvalue weighted by molar-refractivity contribution is 5.73. The number of aliphatic hydroxyl groups excluding tert-OH is 1.